The molecule has 0 N–H and O–H groups in total. The lowest BCUT2D eigenvalue weighted by Crippen LogP contribution is -2.10. The minimum absolute atomic E-state index is 0.386. The molecule has 0 atom stereocenters. The number of rotatable bonds is 5. The number of aldehydes is 1. The summed E-state index contributed by atoms with van der Waals surface area (Å²) in [5.41, 5.74) is 3.84. The number of ketones is 1. The largest absolute Gasteiger partial charge is 0.339 e. The van der Waals surface area contributed by atoms with Crippen LogP contribution in [0.4, 0.5) is 0 Å². The molecule has 0 unspecified atom stereocenters. The van der Waals surface area contributed by atoms with E-state index in [2.05, 4.69) is 36.4 Å². The van der Waals surface area contributed by atoms with Gasteiger partial charge in [0.2, 0.25) is 5.78 Å². The van der Waals surface area contributed by atoms with Crippen molar-refractivity contribution < 1.29 is 9.59 Å². The molecule has 0 spiro atoms. The van der Waals surface area contributed by atoms with E-state index in [-0.39, 0.29) is 0 Å². The standard InChI is InChI=1S/C23H17NO2/c25-16-22(26)23-21-9-5-4-8-20(21)15-24(23)14-17-10-12-19(13-11-17)18-6-2-1-3-7-18/h1-13,15-16H,14H2. The summed E-state index contributed by atoms with van der Waals surface area (Å²) in [4.78, 5) is 23.2. The van der Waals surface area contributed by atoms with Crippen LogP contribution in [0.2, 0.25) is 0 Å². The molecule has 0 fully saturated rings. The minimum Gasteiger partial charge on any atom is -0.339 e. The Kier molecular flexibility index (Phi) is 4.20. The highest BCUT2D eigenvalue weighted by molar-refractivity contribution is 6.35. The molecule has 0 aliphatic rings. The summed E-state index contributed by atoms with van der Waals surface area (Å²) in [6.07, 6.45) is 2.31. The zero-order chi connectivity index (χ0) is 17.9. The van der Waals surface area contributed by atoms with Gasteiger partial charge in [-0.1, -0.05) is 78.9 Å². The molecule has 3 heteroatoms. The van der Waals surface area contributed by atoms with Crippen LogP contribution >= 0.6 is 0 Å². The smallest absolute Gasteiger partial charge is 0.242 e. The number of aromatic nitrogens is 1. The Morgan fingerprint density at radius 3 is 2.19 bits per heavy atom. The second-order valence-electron chi connectivity index (χ2n) is 6.24. The number of fused-ring (bicyclic) bond motifs is 1. The van der Waals surface area contributed by atoms with Crippen molar-refractivity contribution in [2.75, 3.05) is 0 Å². The molecule has 0 saturated heterocycles. The number of hydrogen-bond acceptors (Lipinski definition) is 2. The molecule has 0 aliphatic carbocycles. The molecule has 0 saturated carbocycles. The van der Waals surface area contributed by atoms with Gasteiger partial charge in [-0.25, -0.2) is 0 Å². The van der Waals surface area contributed by atoms with E-state index in [0.29, 0.717) is 18.5 Å². The van der Waals surface area contributed by atoms with Crippen LogP contribution in [0.3, 0.4) is 0 Å². The lowest BCUT2D eigenvalue weighted by Gasteiger charge is -2.08. The summed E-state index contributed by atoms with van der Waals surface area (Å²) >= 11 is 0. The Labute approximate surface area is 151 Å². The Bertz CT molecular complexity index is 1080. The molecule has 26 heavy (non-hydrogen) atoms. The van der Waals surface area contributed by atoms with Gasteiger partial charge >= 0.3 is 0 Å². The van der Waals surface area contributed by atoms with Crippen molar-refractivity contribution >= 4 is 22.8 Å². The maximum absolute atomic E-state index is 12.1. The van der Waals surface area contributed by atoms with Gasteiger partial charge in [-0.3, -0.25) is 9.59 Å². The van der Waals surface area contributed by atoms with E-state index in [1.807, 2.05) is 53.2 Å². The minimum atomic E-state index is -0.493. The highest BCUT2D eigenvalue weighted by atomic mass is 16.2. The molecule has 126 valence electrons. The predicted molar refractivity (Wildman–Crippen MR) is 103 cm³/mol. The summed E-state index contributed by atoms with van der Waals surface area (Å²) in [6.45, 7) is 0.540. The summed E-state index contributed by atoms with van der Waals surface area (Å²) in [5, 5.41) is 1.77. The molecule has 0 amide bonds. The highest BCUT2D eigenvalue weighted by Gasteiger charge is 2.16. The van der Waals surface area contributed by atoms with Crippen molar-refractivity contribution in [2.24, 2.45) is 0 Å². The lowest BCUT2D eigenvalue weighted by atomic mass is 10.0. The normalized spacial score (nSPS) is 10.8. The fraction of sp³-hybridized carbons (Fsp3) is 0.0435. The van der Waals surface area contributed by atoms with Gasteiger partial charge in [-0.2, -0.15) is 0 Å². The third kappa shape index (κ3) is 2.95. The van der Waals surface area contributed by atoms with Gasteiger partial charge in [-0.15, -0.1) is 0 Å². The van der Waals surface area contributed by atoms with Crippen LogP contribution in [0, 0.1) is 0 Å². The number of nitrogens with zero attached hydrogens (tertiary/aromatic N) is 1. The number of carbonyl (C=O) groups is 2. The first kappa shape index (κ1) is 16.0. The Morgan fingerprint density at radius 1 is 0.808 bits per heavy atom. The molecule has 4 aromatic rings. The average molecular weight is 339 g/mol. The molecular weight excluding hydrogens is 322 g/mol. The van der Waals surface area contributed by atoms with Crippen molar-refractivity contribution in [1.82, 2.24) is 4.57 Å². The molecule has 0 radical (unpaired) electrons. The average Bonchev–Trinajstić information content (AvgIpc) is 3.06. The van der Waals surface area contributed by atoms with Crippen molar-refractivity contribution in [3.8, 4) is 11.1 Å². The van der Waals surface area contributed by atoms with Crippen molar-refractivity contribution in [3.63, 3.8) is 0 Å². The summed E-state index contributed by atoms with van der Waals surface area (Å²) < 4.78 is 1.86. The highest BCUT2D eigenvalue weighted by Crippen LogP contribution is 2.24. The van der Waals surface area contributed by atoms with E-state index in [4.69, 9.17) is 0 Å². The van der Waals surface area contributed by atoms with Gasteiger partial charge in [0.15, 0.2) is 6.29 Å². The van der Waals surface area contributed by atoms with Crippen LogP contribution in [0.15, 0.2) is 85.1 Å². The first-order chi connectivity index (χ1) is 12.8. The fourth-order valence-electron chi connectivity index (χ4n) is 3.30. The quantitative estimate of drug-likeness (QED) is 0.299. The van der Waals surface area contributed by atoms with Crippen LogP contribution in [0.5, 0.6) is 0 Å². The van der Waals surface area contributed by atoms with Crippen LogP contribution in [-0.4, -0.2) is 16.6 Å². The van der Waals surface area contributed by atoms with E-state index in [9.17, 15) is 9.59 Å². The summed E-state index contributed by atoms with van der Waals surface area (Å²) in [6, 6.07) is 26.1. The van der Waals surface area contributed by atoms with Gasteiger partial charge in [0.25, 0.3) is 0 Å². The molecule has 0 bridgehead atoms. The molecule has 1 aromatic heterocycles. The van der Waals surface area contributed by atoms with Crippen LogP contribution in [0.1, 0.15) is 16.1 Å². The Balaban J connectivity index is 1.69. The number of benzene rings is 3. The zero-order valence-electron chi connectivity index (χ0n) is 14.1. The zero-order valence-corrected chi connectivity index (χ0v) is 14.1. The third-order valence-electron chi connectivity index (χ3n) is 4.55. The Morgan fingerprint density at radius 2 is 1.46 bits per heavy atom. The maximum Gasteiger partial charge on any atom is 0.242 e. The molecule has 3 nitrogen and oxygen atoms in total. The van der Waals surface area contributed by atoms with Gasteiger partial charge in [0.05, 0.1) is 0 Å². The van der Waals surface area contributed by atoms with Gasteiger partial charge in [0, 0.05) is 23.5 Å². The van der Waals surface area contributed by atoms with Gasteiger partial charge in [0.1, 0.15) is 5.69 Å². The number of hydrogen-bond donors (Lipinski definition) is 0. The van der Waals surface area contributed by atoms with Crippen LogP contribution < -0.4 is 0 Å². The monoisotopic (exact) mass is 339 g/mol. The van der Waals surface area contributed by atoms with Crippen LogP contribution in [-0.2, 0) is 11.3 Å². The first-order valence-corrected chi connectivity index (χ1v) is 8.48. The van der Waals surface area contributed by atoms with E-state index in [1.54, 1.807) is 0 Å². The summed E-state index contributed by atoms with van der Waals surface area (Å²) in [5.74, 6) is -0.493. The predicted octanol–water partition coefficient (Wildman–Crippen LogP) is 4.74. The molecular formula is C23H17NO2. The van der Waals surface area contributed by atoms with Crippen LogP contribution in [0.25, 0.3) is 21.9 Å². The van der Waals surface area contributed by atoms with Gasteiger partial charge in [-0.05, 0) is 16.7 Å². The molecule has 3 aromatic carbocycles. The van der Waals surface area contributed by atoms with Crippen molar-refractivity contribution in [1.29, 1.82) is 0 Å². The third-order valence-corrected chi connectivity index (χ3v) is 4.55. The SMILES string of the molecule is O=CC(=O)c1c2ccccc2cn1Cc1ccc(-c2ccccc2)cc1. The molecule has 1 heterocycles. The van der Waals surface area contributed by atoms with E-state index in [0.717, 1.165) is 21.9 Å². The maximum atomic E-state index is 12.1. The van der Waals surface area contributed by atoms with E-state index in [1.165, 1.54) is 5.56 Å². The topological polar surface area (TPSA) is 39.1 Å². The van der Waals surface area contributed by atoms with Crippen molar-refractivity contribution in [3.05, 3.63) is 96.3 Å². The number of carbonyl (C=O) groups excluding carboxylic acids is 2. The summed E-state index contributed by atoms with van der Waals surface area (Å²) in [7, 11) is 0. The molecule has 4 rings (SSSR count). The van der Waals surface area contributed by atoms with Crippen molar-refractivity contribution in [2.45, 2.75) is 6.54 Å². The number of Topliss-reactive ketones (excluding diaryl/α,β-unsaturated/α-hetero) is 1. The second-order valence-corrected chi connectivity index (χ2v) is 6.24. The van der Waals surface area contributed by atoms with Gasteiger partial charge < -0.3 is 4.57 Å². The lowest BCUT2D eigenvalue weighted by molar-refractivity contribution is -0.104. The molecule has 0 aliphatic heterocycles. The first-order valence-electron chi connectivity index (χ1n) is 8.48. The fourth-order valence-corrected chi connectivity index (χ4v) is 3.30. The second kappa shape index (κ2) is 6.81. The van der Waals surface area contributed by atoms with E-state index < -0.39 is 5.78 Å². The Hall–Kier alpha value is -3.46. The van der Waals surface area contributed by atoms with E-state index >= 15 is 0 Å².